The summed E-state index contributed by atoms with van der Waals surface area (Å²) >= 11 is 0. The standard InChI is InChI=1S/C20H21NO4/c1-21(17-7-9-18(10-8-17)25-13-20(23)24)19(22)12-14-5-6-15-3-2-4-16(15)11-14/h5-11H,2-4,12-13H2,1H3,(H,23,24). The molecule has 0 bridgehead atoms. The van der Waals surface area contributed by atoms with Crippen molar-refractivity contribution < 1.29 is 19.4 Å². The number of benzene rings is 2. The summed E-state index contributed by atoms with van der Waals surface area (Å²) in [6.07, 6.45) is 3.80. The molecule has 25 heavy (non-hydrogen) atoms. The number of aliphatic carboxylic acids is 1. The molecule has 0 saturated carbocycles. The summed E-state index contributed by atoms with van der Waals surface area (Å²) in [6, 6.07) is 13.2. The van der Waals surface area contributed by atoms with Crippen LogP contribution >= 0.6 is 0 Å². The summed E-state index contributed by atoms with van der Waals surface area (Å²) in [6.45, 7) is -0.382. The third-order valence-corrected chi connectivity index (χ3v) is 4.48. The van der Waals surface area contributed by atoms with E-state index in [9.17, 15) is 9.59 Å². The number of anilines is 1. The zero-order valence-corrected chi connectivity index (χ0v) is 14.2. The summed E-state index contributed by atoms with van der Waals surface area (Å²) in [5.41, 5.74) is 4.56. The molecule has 0 saturated heterocycles. The fraction of sp³-hybridized carbons (Fsp3) is 0.300. The lowest BCUT2D eigenvalue weighted by atomic mass is 10.0. The van der Waals surface area contributed by atoms with Gasteiger partial charge >= 0.3 is 5.97 Å². The van der Waals surface area contributed by atoms with E-state index in [0.29, 0.717) is 12.2 Å². The number of carbonyl (C=O) groups excluding carboxylic acids is 1. The van der Waals surface area contributed by atoms with Crippen molar-refractivity contribution in [3.8, 4) is 5.75 Å². The molecule has 5 heteroatoms. The lowest BCUT2D eigenvalue weighted by molar-refractivity contribution is -0.139. The average molecular weight is 339 g/mol. The van der Waals surface area contributed by atoms with Gasteiger partial charge in [-0.05, 0) is 60.2 Å². The van der Waals surface area contributed by atoms with E-state index in [0.717, 1.165) is 24.1 Å². The highest BCUT2D eigenvalue weighted by Gasteiger charge is 2.15. The van der Waals surface area contributed by atoms with E-state index in [-0.39, 0.29) is 12.5 Å². The lowest BCUT2D eigenvalue weighted by Crippen LogP contribution is -2.27. The summed E-state index contributed by atoms with van der Waals surface area (Å²) in [4.78, 5) is 24.6. The van der Waals surface area contributed by atoms with E-state index in [1.54, 1.807) is 36.2 Å². The molecule has 3 rings (SSSR count). The highest BCUT2D eigenvalue weighted by Crippen LogP contribution is 2.24. The molecule has 0 atom stereocenters. The van der Waals surface area contributed by atoms with E-state index >= 15 is 0 Å². The Morgan fingerprint density at radius 1 is 1.08 bits per heavy atom. The second kappa shape index (κ2) is 7.38. The number of amides is 1. The predicted molar refractivity (Wildman–Crippen MR) is 95.2 cm³/mol. The summed E-state index contributed by atoms with van der Waals surface area (Å²) in [5, 5.41) is 8.61. The Balaban J connectivity index is 1.62. The molecule has 1 aliphatic carbocycles. The number of carboxylic acid groups (broad SMARTS) is 1. The van der Waals surface area contributed by atoms with Crippen LogP contribution in [0.15, 0.2) is 42.5 Å². The van der Waals surface area contributed by atoms with E-state index in [1.807, 2.05) is 6.07 Å². The fourth-order valence-electron chi connectivity index (χ4n) is 3.08. The number of likely N-dealkylation sites (N-methyl/N-ethyl adjacent to an activating group) is 1. The topological polar surface area (TPSA) is 66.8 Å². The molecule has 0 spiro atoms. The Morgan fingerprint density at radius 2 is 1.80 bits per heavy atom. The molecule has 0 heterocycles. The molecule has 5 nitrogen and oxygen atoms in total. The minimum atomic E-state index is -1.02. The van der Waals surface area contributed by atoms with Crippen molar-refractivity contribution in [2.45, 2.75) is 25.7 Å². The van der Waals surface area contributed by atoms with Gasteiger partial charge in [0.05, 0.1) is 6.42 Å². The van der Waals surface area contributed by atoms with E-state index in [2.05, 4.69) is 12.1 Å². The number of rotatable bonds is 6. The summed E-state index contributed by atoms with van der Waals surface area (Å²) in [7, 11) is 1.74. The average Bonchev–Trinajstić information content (AvgIpc) is 3.07. The molecule has 0 unspecified atom stereocenters. The highest BCUT2D eigenvalue weighted by atomic mass is 16.5. The number of hydrogen-bond acceptors (Lipinski definition) is 3. The van der Waals surface area contributed by atoms with Crippen molar-refractivity contribution in [2.24, 2.45) is 0 Å². The van der Waals surface area contributed by atoms with Crippen LogP contribution in [0.5, 0.6) is 5.75 Å². The van der Waals surface area contributed by atoms with Crippen molar-refractivity contribution in [1.29, 1.82) is 0 Å². The van der Waals surface area contributed by atoms with Gasteiger partial charge in [0.2, 0.25) is 5.91 Å². The van der Waals surface area contributed by atoms with E-state index < -0.39 is 5.97 Å². The molecule has 130 valence electrons. The van der Waals surface area contributed by atoms with Crippen molar-refractivity contribution >= 4 is 17.6 Å². The van der Waals surface area contributed by atoms with Crippen molar-refractivity contribution in [3.63, 3.8) is 0 Å². The van der Waals surface area contributed by atoms with Gasteiger partial charge in [-0.25, -0.2) is 4.79 Å². The van der Waals surface area contributed by atoms with Gasteiger partial charge in [-0.1, -0.05) is 18.2 Å². The van der Waals surface area contributed by atoms with Crippen molar-refractivity contribution in [1.82, 2.24) is 0 Å². The Kier molecular flexibility index (Phi) is 5.03. The predicted octanol–water partition coefficient (Wildman–Crippen LogP) is 2.84. The number of ether oxygens (including phenoxy) is 1. The number of carboxylic acids is 1. The van der Waals surface area contributed by atoms with Crippen LogP contribution in [0.25, 0.3) is 0 Å². The smallest absolute Gasteiger partial charge is 0.341 e. The molecule has 1 aliphatic rings. The Labute approximate surface area is 146 Å². The normalized spacial score (nSPS) is 12.5. The van der Waals surface area contributed by atoms with Gasteiger partial charge in [0.15, 0.2) is 6.61 Å². The van der Waals surface area contributed by atoms with Crippen LogP contribution in [-0.2, 0) is 28.9 Å². The molecule has 2 aromatic rings. The summed E-state index contributed by atoms with van der Waals surface area (Å²) in [5.74, 6) is -0.548. The number of fused-ring (bicyclic) bond motifs is 1. The Morgan fingerprint density at radius 3 is 2.52 bits per heavy atom. The fourth-order valence-corrected chi connectivity index (χ4v) is 3.08. The maximum absolute atomic E-state index is 12.5. The minimum Gasteiger partial charge on any atom is -0.482 e. The van der Waals surface area contributed by atoms with Gasteiger partial charge in [0.25, 0.3) is 0 Å². The van der Waals surface area contributed by atoms with Gasteiger partial charge in [-0.2, -0.15) is 0 Å². The third kappa shape index (κ3) is 4.18. The van der Waals surface area contributed by atoms with Crippen LogP contribution in [-0.4, -0.2) is 30.6 Å². The minimum absolute atomic E-state index is 0.0113. The number of carbonyl (C=O) groups is 2. The number of aryl methyl sites for hydroxylation is 2. The van der Waals surface area contributed by atoms with Crippen LogP contribution < -0.4 is 9.64 Å². The number of hydrogen-bond donors (Lipinski definition) is 1. The first-order valence-corrected chi connectivity index (χ1v) is 8.35. The quantitative estimate of drug-likeness (QED) is 0.879. The van der Waals surface area contributed by atoms with Gasteiger partial charge in [-0.15, -0.1) is 0 Å². The van der Waals surface area contributed by atoms with Gasteiger partial charge < -0.3 is 14.7 Å². The second-order valence-corrected chi connectivity index (χ2v) is 6.26. The zero-order valence-electron chi connectivity index (χ0n) is 14.2. The molecular weight excluding hydrogens is 318 g/mol. The van der Waals surface area contributed by atoms with Gasteiger partial charge in [0.1, 0.15) is 5.75 Å². The van der Waals surface area contributed by atoms with Crippen molar-refractivity contribution in [3.05, 3.63) is 59.2 Å². The monoisotopic (exact) mass is 339 g/mol. The van der Waals surface area contributed by atoms with Gasteiger partial charge in [-0.3, -0.25) is 4.79 Å². The molecule has 0 aliphatic heterocycles. The van der Waals surface area contributed by atoms with Crippen molar-refractivity contribution in [2.75, 3.05) is 18.6 Å². The lowest BCUT2D eigenvalue weighted by Gasteiger charge is -2.18. The van der Waals surface area contributed by atoms with Crippen LogP contribution in [0, 0.1) is 0 Å². The first-order valence-electron chi connectivity index (χ1n) is 8.35. The van der Waals surface area contributed by atoms with Crippen LogP contribution in [0.3, 0.4) is 0 Å². The molecular formula is C20H21NO4. The molecule has 0 aromatic heterocycles. The molecule has 0 fully saturated rings. The first-order chi connectivity index (χ1) is 12.0. The second-order valence-electron chi connectivity index (χ2n) is 6.26. The summed E-state index contributed by atoms with van der Waals surface area (Å²) < 4.78 is 5.10. The zero-order chi connectivity index (χ0) is 17.8. The Hall–Kier alpha value is -2.82. The largest absolute Gasteiger partial charge is 0.482 e. The molecule has 2 aromatic carbocycles. The van der Waals surface area contributed by atoms with Crippen LogP contribution in [0.2, 0.25) is 0 Å². The van der Waals surface area contributed by atoms with E-state index in [4.69, 9.17) is 9.84 Å². The van der Waals surface area contributed by atoms with E-state index in [1.165, 1.54) is 17.5 Å². The van der Waals surface area contributed by atoms with Gasteiger partial charge in [0, 0.05) is 12.7 Å². The molecule has 1 N–H and O–H groups in total. The number of nitrogens with zero attached hydrogens (tertiary/aromatic N) is 1. The SMILES string of the molecule is CN(C(=O)Cc1ccc2c(c1)CCC2)c1ccc(OCC(=O)O)cc1. The molecule has 1 amide bonds. The molecule has 0 radical (unpaired) electrons. The van der Waals surface area contributed by atoms with Crippen LogP contribution in [0.4, 0.5) is 5.69 Å². The first kappa shape index (κ1) is 17.0. The Bertz CT molecular complexity index is 783. The maximum Gasteiger partial charge on any atom is 0.341 e. The van der Waals surface area contributed by atoms with Crippen LogP contribution in [0.1, 0.15) is 23.1 Å². The highest BCUT2D eigenvalue weighted by molar-refractivity contribution is 5.94. The maximum atomic E-state index is 12.5. The third-order valence-electron chi connectivity index (χ3n) is 4.48.